The Morgan fingerprint density at radius 3 is 2.55 bits per heavy atom. The molecule has 6 heteroatoms. The van der Waals surface area contributed by atoms with Gasteiger partial charge in [-0.25, -0.2) is 9.67 Å². The molecule has 4 atom stereocenters. The van der Waals surface area contributed by atoms with E-state index in [1.54, 1.807) is 12.7 Å². The maximum Gasteiger partial charge on any atom is 0.137 e. The molecule has 0 spiro atoms. The van der Waals surface area contributed by atoms with Gasteiger partial charge in [0, 0.05) is 19.6 Å². The van der Waals surface area contributed by atoms with Crippen LogP contribution in [0.1, 0.15) is 24.4 Å². The fourth-order valence-electron chi connectivity index (χ4n) is 4.90. The lowest BCUT2D eigenvalue weighted by molar-refractivity contribution is 0.0304. The third kappa shape index (κ3) is 4.04. The molecule has 1 saturated carbocycles. The van der Waals surface area contributed by atoms with E-state index in [9.17, 15) is 5.11 Å². The van der Waals surface area contributed by atoms with E-state index in [1.165, 1.54) is 5.56 Å². The van der Waals surface area contributed by atoms with Crippen LogP contribution in [0.3, 0.4) is 0 Å². The number of benzene rings is 2. The molecule has 0 bridgehead atoms. The van der Waals surface area contributed by atoms with Crippen molar-refractivity contribution in [1.29, 1.82) is 0 Å². The number of nitrogens with zero attached hydrogens (tertiary/aromatic N) is 4. The minimum Gasteiger partial charge on any atom is -0.457 e. The summed E-state index contributed by atoms with van der Waals surface area (Å²) in [5, 5.41) is 14.9. The Kier molecular flexibility index (Phi) is 5.04. The van der Waals surface area contributed by atoms with Crippen molar-refractivity contribution in [2.75, 3.05) is 13.1 Å². The summed E-state index contributed by atoms with van der Waals surface area (Å²) in [6.45, 7) is 3.00. The molecular formula is C23H26N4O2. The molecular weight excluding hydrogens is 364 g/mol. The smallest absolute Gasteiger partial charge is 0.137 e. The van der Waals surface area contributed by atoms with Gasteiger partial charge in [-0.3, -0.25) is 4.90 Å². The van der Waals surface area contributed by atoms with Gasteiger partial charge < -0.3 is 9.84 Å². The fraction of sp³-hybridized carbons (Fsp3) is 0.391. The van der Waals surface area contributed by atoms with Crippen LogP contribution in [0.2, 0.25) is 0 Å². The molecule has 0 radical (unpaired) electrons. The molecule has 6 nitrogen and oxygen atoms in total. The summed E-state index contributed by atoms with van der Waals surface area (Å²) in [6.07, 6.45) is 4.72. The average molecular weight is 390 g/mol. The first-order chi connectivity index (χ1) is 14.2. The second kappa shape index (κ2) is 7.97. The number of para-hydroxylation sites is 1. The molecule has 1 aliphatic carbocycles. The number of aliphatic hydroxyl groups is 1. The molecule has 1 saturated heterocycles. The van der Waals surface area contributed by atoms with Crippen molar-refractivity contribution in [2.24, 2.45) is 11.8 Å². The largest absolute Gasteiger partial charge is 0.457 e. The number of aliphatic hydroxyl groups excluding tert-OH is 1. The van der Waals surface area contributed by atoms with Crippen LogP contribution in [0.4, 0.5) is 0 Å². The zero-order chi connectivity index (χ0) is 19.6. The fourth-order valence-corrected chi connectivity index (χ4v) is 4.90. The zero-order valence-electron chi connectivity index (χ0n) is 16.3. The van der Waals surface area contributed by atoms with E-state index in [0.29, 0.717) is 11.8 Å². The van der Waals surface area contributed by atoms with E-state index in [0.717, 1.165) is 44.0 Å². The van der Waals surface area contributed by atoms with Crippen LogP contribution in [0, 0.1) is 11.8 Å². The maximum absolute atomic E-state index is 10.6. The molecule has 3 aromatic rings. The standard InChI is InChI=1S/C23H26N4O2/c28-23-11-19-14-26(13-18(19)10-22(23)27-16-24-15-25-27)12-17-5-4-8-21(9-17)29-20-6-2-1-3-7-20/h1-9,15-16,18-19,22-23,28H,10-14H2/t18-,19+,22-,23-/m1/s1. The van der Waals surface area contributed by atoms with E-state index in [4.69, 9.17) is 4.74 Å². The highest BCUT2D eigenvalue weighted by atomic mass is 16.5. The van der Waals surface area contributed by atoms with Crippen molar-refractivity contribution >= 4 is 0 Å². The van der Waals surface area contributed by atoms with Gasteiger partial charge in [-0.15, -0.1) is 0 Å². The number of rotatable bonds is 5. The Labute approximate surface area is 170 Å². The number of ether oxygens (including phenoxy) is 1. The van der Waals surface area contributed by atoms with Crippen molar-refractivity contribution in [3.63, 3.8) is 0 Å². The van der Waals surface area contributed by atoms with Crippen LogP contribution >= 0.6 is 0 Å². The molecule has 1 aliphatic heterocycles. The summed E-state index contributed by atoms with van der Waals surface area (Å²) in [4.78, 5) is 6.55. The van der Waals surface area contributed by atoms with Gasteiger partial charge in [-0.05, 0) is 54.5 Å². The third-order valence-electron chi connectivity index (χ3n) is 6.24. The Hall–Kier alpha value is -2.70. The van der Waals surface area contributed by atoms with Gasteiger partial charge in [-0.2, -0.15) is 5.10 Å². The Morgan fingerprint density at radius 2 is 1.76 bits per heavy atom. The van der Waals surface area contributed by atoms with E-state index in [1.807, 2.05) is 41.1 Å². The molecule has 29 heavy (non-hydrogen) atoms. The Morgan fingerprint density at radius 1 is 0.966 bits per heavy atom. The number of likely N-dealkylation sites (tertiary alicyclic amines) is 1. The lowest BCUT2D eigenvalue weighted by Crippen LogP contribution is -2.36. The summed E-state index contributed by atoms with van der Waals surface area (Å²) < 4.78 is 7.81. The zero-order valence-corrected chi connectivity index (χ0v) is 16.3. The summed E-state index contributed by atoms with van der Waals surface area (Å²) in [5.74, 6) is 2.86. The van der Waals surface area contributed by atoms with Crippen LogP contribution in [0.5, 0.6) is 11.5 Å². The average Bonchev–Trinajstić information content (AvgIpc) is 3.38. The molecule has 1 aromatic heterocycles. The molecule has 2 fully saturated rings. The van der Waals surface area contributed by atoms with E-state index in [2.05, 4.69) is 33.2 Å². The van der Waals surface area contributed by atoms with Gasteiger partial charge in [0.25, 0.3) is 0 Å². The van der Waals surface area contributed by atoms with E-state index >= 15 is 0 Å². The predicted octanol–water partition coefficient (Wildman–Crippen LogP) is 3.51. The number of fused-ring (bicyclic) bond motifs is 1. The highest BCUT2D eigenvalue weighted by Crippen LogP contribution is 2.41. The minimum absolute atomic E-state index is 0.0429. The first-order valence-corrected chi connectivity index (χ1v) is 10.3. The second-order valence-electron chi connectivity index (χ2n) is 8.26. The first kappa shape index (κ1) is 18.3. The third-order valence-corrected chi connectivity index (χ3v) is 6.24. The van der Waals surface area contributed by atoms with E-state index < -0.39 is 0 Å². The first-order valence-electron chi connectivity index (χ1n) is 10.3. The van der Waals surface area contributed by atoms with E-state index in [-0.39, 0.29) is 12.1 Å². The SMILES string of the molecule is O[C@@H]1C[C@H]2CN(Cc3cccc(Oc4ccccc4)c3)C[C@H]2C[C@H]1n1cncn1. The molecule has 0 unspecified atom stereocenters. The highest BCUT2D eigenvalue weighted by Gasteiger charge is 2.42. The number of hydrogen-bond donors (Lipinski definition) is 1. The quantitative estimate of drug-likeness (QED) is 0.722. The van der Waals surface area contributed by atoms with Gasteiger partial charge in [0.15, 0.2) is 0 Å². The monoisotopic (exact) mass is 390 g/mol. The molecule has 0 amide bonds. The van der Waals surface area contributed by atoms with Crippen molar-refractivity contribution in [2.45, 2.75) is 31.5 Å². The lowest BCUT2D eigenvalue weighted by Gasteiger charge is -2.35. The van der Waals surface area contributed by atoms with Crippen LogP contribution in [0.15, 0.2) is 67.3 Å². The number of aromatic nitrogens is 3. The summed E-state index contributed by atoms with van der Waals surface area (Å²) in [7, 11) is 0. The normalized spacial score (nSPS) is 26.9. The van der Waals surface area contributed by atoms with Crippen LogP contribution in [-0.2, 0) is 6.54 Å². The van der Waals surface area contributed by atoms with Crippen LogP contribution in [0.25, 0.3) is 0 Å². The van der Waals surface area contributed by atoms with Crippen LogP contribution < -0.4 is 4.74 Å². The highest BCUT2D eigenvalue weighted by molar-refractivity contribution is 5.33. The molecule has 2 aromatic carbocycles. The lowest BCUT2D eigenvalue weighted by atomic mass is 9.77. The van der Waals surface area contributed by atoms with Crippen molar-refractivity contribution < 1.29 is 9.84 Å². The van der Waals surface area contributed by atoms with Crippen LogP contribution in [-0.4, -0.2) is 44.0 Å². The van der Waals surface area contributed by atoms with Gasteiger partial charge in [0.05, 0.1) is 12.1 Å². The van der Waals surface area contributed by atoms with Crippen molar-refractivity contribution in [1.82, 2.24) is 19.7 Å². The van der Waals surface area contributed by atoms with Crippen molar-refractivity contribution in [3.05, 3.63) is 72.8 Å². The second-order valence-corrected chi connectivity index (χ2v) is 8.26. The van der Waals surface area contributed by atoms with Gasteiger partial charge in [0.2, 0.25) is 0 Å². The molecule has 2 heterocycles. The molecule has 150 valence electrons. The summed E-state index contributed by atoms with van der Waals surface area (Å²) in [6, 6.07) is 18.3. The van der Waals surface area contributed by atoms with Gasteiger partial charge in [-0.1, -0.05) is 30.3 Å². The predicted molar refractivity (Wildman–Crippen MR) is 110 cm³/mol. The molecule has 2 aliphatic rings. The van der Waals surface area contributed by atoms with Gasteiger partial charge >= 0.3 is 0 Å². The Balaban J connectivity index is 1.23. The Bertz CT molecular complexity index is 931. The summed E-state index contributed by atoms with van der Waals surface area (Å²) in [5.41, 5.74) is 1.26. The maximum atomic E-state index is 10.6. The summed E-state index contributed by atoms with van der Waals surface area (Å²) >= 11 is 0. The number of hydrogen-bond acceptors (Lipinski definition) is 5. The molecule has 1 N–H and O–H groups in total. The van der Waals surface area contributed by atoms with Crippen molar-refractivity contribution in [3.8, 4) is 11.5 Å². The topological polar surface area (TPSA) is 63.4 Å². The molecule has 5 rings (SSSR count). The minimum atomic E-state index is -0.347. The van der Waals surface area contributed by atoms with Gasteiger partial charge in [0.1, 0.15) is 24.2 Å².